The second-order valence-electron chi connectivity index (χ2n) is 4.71. The predicted octanol–water partition coefficient (Wildman–Crippen LogP) is 1.80. The third-order valence-corrected chi connectivity index (χ3v) is 3.43. The van der Waals surface area contributed by atoms with Gasteiger partial charge in [0.25, 0.3) is 0 Å². The van der Waals surface area contributed by atoms with Gasteiger partial charge in [-0.3, -0.25) is 4.68 Å². The summed E-state index contributed by atoms with van der Waals surface area (Å²) >= 11 is 0. The Labute approximate surface area is 113 Å². The summed E-state index contributed by atoms with van der Waals surface area (Å²) in [6.07, 6.45) is 3.58. The number of H-pyrrole nitrogens is 2. The van der Waals surface area contributed by atoms with E-state index in [0.29, 0.717) is 0 Å². The van der Waals surface area contributed by atoms with Crippen molar-refractivity contribution in [2.75, 3.05) is 0 Å². The molecule has 6 nitrogen and oxygen atoms in total. The normalized spacial score (nSPS) is 11.4. The molecule has 6 heteroatoms. The van der Waals surface area contributed by atoms with Crippen LogP contribution in [0.4, 0.5) is 0 Å². The molecular formula is C14H11N5O. The maximum absolute atomic E-state index is 11.4. The lowest BCUT2D eigenvalue weighted by molar-refractivity contribution is 0.786. The van der Waals surface area contributed by atoms with Crippen molar-refractivity contribution in [1.82, 2.24) is 24.7 Å². The van der Waals surface area contributed by atoms with Crippen LogP contribution in [0.25, 0.3) is 33.2 Å². The number of hydrogen-bond acceptors (Lipinski definition) is 3. The highest BCUT2D eigenvalue weighted by molar-refractivity contribution is 5.93. The van der Waals surface area contributed by atoms with Gasteiger partial charge in [-0.15, -0.1) is 0 Å². The second kappa shape index (κ2) is 3.80. The zero-order chi connectivity index (χ0) is 13.7. The largest absolute Gasteiger partial charge is 0.323 e. The lowest BCUT2D eigenvalue weighted by Gasteiger charge is -2.03. The lowest BCUT2D eigenvalue weighted by Crippen LogP contribution is -1.99. The van der Waals surface area contributed by atoms with E-state index in [9.17, 15) is 4.79 Å². The number of hydrogen-bond donors (Lipinski definition) is 2. The van der Waals surface area contributed by atoms with Crippen molar-refractivity contribution < 1.29 is 0 Å². The first-order valence-corrected chi connectivity index (χ1v) is 6.21. The molecule has 0 aliphatic carbocycles. The molecule has 3 aromatic heterocycles. The molecule has 20 heavy (non-hydrogen) atoms. The maximum atomic E-state index is 11.4. The van der Waals surface area contributed by atoms with Gasteiger partial charge in [0.2, 0.25) is 0 Å². The predicted molar refractivity (Wildman–Crippen MR) is 76.4 cm³/mol. The van der Waals surface area contributed by atoms with Crippen LogP contribution in [0.5, 0.6) is 0 Å². The second-order valence-corrected chi connectivity index (χ2v) is 4.71. The molecular weight excluding hydrogens is 254 g/mol. The summed E-state index contributed by atoms with van der Waals surface area (Å²) in [4.78, 5) is 21.5. The molecule has 0 radical (unpaired) electrons. The number of aromatic nitrogens is 5. The van der Waals surface area contributed by atoms with E-state index in [0.717, 1.165) is 33.2 Å². The van der Waals surface area contributed by atoms with Gasteiger partial charge in [0.05, 0.1) is 17.2 Å². The fourth-order valence-corrected chi connectivity index (χ4v) is 2.49. The topological polar surface area (TPSA) is 79.4 Å². The molecule has 0 atom stereocenters. The number of aromatic amines is 2. The van der Waals surface area contributed by atoms with E-state index in [1.54, 1.807) is 17.1 Å². The van der Waals surface area contributed by atoms with Crippen LogP contribution in [0.3, 0.4) is 0 Å². The number of para-hydroxylation sites is 1. The third kappa shape index (κ3) is 1.48. The fourth-order valence-electron chi connectivity index (χ4n) is 2.49. The molecule has 0 saturated heterocycles. The molecule has 0 aliphatic heterocycles. The van der Waals surface area contributed by atoms with Gasteiger partial charge in [-0.05, 0) is 12.1 Å². The van der Waals surface area contributed by atoms with Crippen LogP contribution in [-0.2, 0) is 7.05 Å². The van der Waals surface area contributed by atoms with Crippen LogP contribution < -0.4 is 5.69 Å². The SMILES string of the molecule is Cn1ncc2cc(-c3cccc4[nH]c(=O)[nH]c34)cnc21. The monoisotopic (exact) mass is 265 g/mol. The highest BCUT2D eigenvalue weighted by Gasteiger charge is 2.09. The van der Waals surface area contributed by atoms with Crippen LogP contribution in [-0.4, -0.2) is 24.7 Å². The number of nitrogens with one attached hydrogen (secondary N) is 2. The van der Waals surface area contributed by atoms with Crippen LogP contribution in [0.1, 0.15) is 0 Å². The van der Waals surface area contributed by atoms with Gasteiger partial charge in [0.15, 0.2) is 5.65 Å². The van der Waals surface area contributed by atoms with E-state index < -0.39 is 0 Å². The summed E-state index contributed by atoms with van der Waals surface area (Å²) in [6.45, 7) is 0. The van der Waals surface area contributed by atoms with Crippen LogP contribution >= 0.6 is 0 Å². The van der Waals surface area contributed by atoms with Crippen molar-refractivity contribution >= 4 is 22.1 Å². The van der Waals surface area contributed by atoms with E-state index in [2.05, 4.69) is 20.1 Å². The number of aryl methyl sites for hydroxylation is 1. The van der Waals surface area contributed by atoms with Gasteiger partial charge in [-0.2, -0.15) is 5.10 Å². The Morgan fingerprint density at radius 3 is 3.00 bits per heavy atom. The molecule has 0 unspecified atom stereocenters. The Bertz CT molecular complexity index is 992. The van der Waals surface area contributed by atoms with E-state index in [1.165, 1.54) is 0 Å². The highest BCUT2D eigenvalue weighted by Crippen LogP contribution is 2.27. The summed E-state index contributed by atoms with van der Waals surface area (Å²) in [7, 11) is 1.86. The first-order valence-electron chi connectivity index (χ1n) is 6.21. The minimum Gasteiger partial charge on any atom is -0.306 e. The van der Waals surface area contributed by atoms with E-state index >= 15 is 0 Å². The van der Waals surface area contributed by atoms with Crippen molar-refractivity contribution in [2.24, 2.45) is 7.05 Å². The Morgan fingerprint density at radius 2 is 2.10 bits per heavy atom. The zero-order valence-electron chi connectivity index (χ0n) is 10.7. The van der Waals surface area contributed by atoms with Crippen molar-refractivity contribution in [2.45, 2.75) is 0 Å². The summed E-state index contributed by atoms with van der Waals surface area (Å²) < 4.78 is 1.73. The van der Waals surface area contributed by atoms with Gasteiger partial charge in [-0.1, -0.05) is 12.1 Å². The Kier molecular flexibility index (Phi) is 2.09. The smallest absolute Gasteiger partial charge is 0.306 e. The molecule has 1 aromatic carbocycles. The molecule has 0 amide bonds. The third-order valence-electron chi connectivity index (χ3n) is 3.43. The lowest BCUT2D eigenvalue weighted by atomic mass is 10.1. The summed E-state index contributed by atoms with van der Waals surface area (Å²) in [6, 6.07) is 7.77. The molecule has 3 heterocycles. The average molecular weight is 265 g/mol. The number of nitrogens with zero attached hydrogens (tertiary/aromatic N) is 3. The average Bonchev–Trinajstić information content (AvgIpc) is 3.00. The van der Waals surface area contributed by atoms with Crippen molar-refractivity contribution in [3.63, 3.8) is 0 Å². The molecule has 0 bridgehead atoms. The van der Waals surface area contributed by atoms with Crippen molar-refractivity contribution in [1.29, 1.82) is 0 Å². The minimum atomic E-state index is -0.206. The Balaban J connectivity index is 2.02. The first-order chi connectivity index (χ1) is 9.72. The number of pyridine rings is 1. The van der Waals surface area contributed by atoms with Crippen molar-refractivity contribution in [3.8, 4) is 11.1 Å². The van der Waals surface area contributed by atoms with Gasteiger partial charge in [0, 0.05) is 29.8 Å². The van der Waals surface area contributed by atoms with Crippen LogP contribution in [0.2, 0.25) is 0 Å². The summed E-state index contributed by atoms with van der Waals surface area (Å²) in [5.41, 5.74) is 4.11. The van der Waals surface area contributed by atoms with Gasteiger partial charge in [-0.25, -0.2) is 9.78 Å². The molecule has 0 fully saturated rings. The molecule has 98 valence electrons. The quantitative estimate of drug-likeness (QED) is 0.551. The summed E-state index contributed by atoms with van der Waals surface area (Å²) in [5.74, 6) is 0. The van der Waals surface area contributed by atoms with Crippen LogP contribution in [0.15, 0.2) is 41.5 Å². The zero-order valence-corrected chi connectivity index (χ0v) is 10.7. The first kappa shape index (κ1) is 11.0. The number of rotatable bonds is 1. The number of fused-ring (bicyclic) bond motifs is 2. The number of benzene rings is 1. The molecule has 2 N–H and O–H groups in total. The Hall–Kier alpha value is -2.89. The van der Waals surface area contributed by atoms with Gasteiger partial charge < -0.3 is 9.97 Å². The van der Waals surface area contributed by atoms with Crippen molar-refractivity contribution in [3.05, 3.63) is 47.1 Å². The molecule has 0 spiro atoms. The van der Waals surface area contributed by atoms with Gasteiger partial charge in [0.1, 0.15) is 0 Å². The molecule has 0 saturated carbocycles. The molecule has 0 aliphatic rings. The van der Waals surface area contributed by atoms with Gasteiger partial charge >= 0.3 is 5.69 Å². The highest BCUT2D eigenvalue weighted by atomic mass is 16.1. The van der Waals surface area contributed by atoms with E-state index in [1.807, 2.05) is 31.3 Å². The Morgan fingerprint density at radius 1 is 1.20 bits per heavy atom. The van der Waals surface area contributed by atoms with Crippen LogP contribution in [0, 0.1) is 0 Å². The fraction of sp³-hybridized carbons (Fsp3) is 0.0714. The summed E-state index contributed by atoms with van der Waals surface area (Å²) in [5, 5.41) is 5.16. The maximum Gasteiger partial charge on any atom is 0.323 e. The molecule has 4 aromatic rings. The van der Waals surface area contributed by atoms with E-state index in [4.69, 9.17) is 0 Å². The standard InChI is InChI=1S/C14H11N5O/c1-19-13-9(7-16-19)5-8(6-15-13)10-3-2-4-11-12(10)18-14(20)17-11/h2-7H,1H3,(H2,17,18,20). The minimum absolute atomic E-state index is 0.206. The number of imidazole rings is 1. The van der Waals surface area contributed by atoms with E-state index in [-0.39, 0.29) is 5.69 Å². The molecule has 4 rings (SSSR count).